The minimum absolute atomic E-state index is 0.0728. The number of methoxy groups -OCH3 is 1. The van der Waals surface area contributed by atoms with Crippen LogP contribution in [0.1, 0.15) is 93.6 Å². The van der Waals surface area contributed by atoms with Gasteiger partial charge in [0.15, 0.2) is 0 Å². The quantitative estimate of drug-likeness (QED) is 0.0998. The summed E-state index contributed by atoms with van der Waals surface area (Å²) in [5.41, 5.74) is 4.43. The first-order valence-corrected chi connectivity index (χ1v) is 20.6. The standard InChI is InChI=1S/C34H58O4Si2/c1-26(2)17-15-18-27(3)19-16-20-28(32(35)36-10)21-22-29-25-30(37-39(11,12)33(4,5)6)23-24-31(29)38-40(13,14)34(7,8)9/h17,19,21,23-25H,15-16,18,20,22H2,1-14H3. The van der Waals surface area contributed by atoms with Crippen molar-refractivity contribution in [2.24, 2.45) is 0 Å². The van der Waals surface area contributed by atoms with Gasteiger partial charge in [0.25, 0.3) is 0 Å². The second kappa shape index (κ2) is 14.7. The van der Waals surface area contributed by atoms with Crippen LogP contribution < -0.4 is 8.85 Å². The molecule has 0 aliphatic rings. The molecule has 0 aliphatic carbocycles. The predicted molar refractivity (Wildman–Crippen MR) is 178 cm³/mol. The van der Waals surface area contributed by atoms with Crippen molar-refractivity contribution in [3.8, 4) is 11.5 Å². The monoisotopic (exact) mass is 586 g/mol. The lowest BCUT2D eigenvalue weighted by Crippen LogP contribution is -2.44. The van der Waals surface area contributed by atoms with Crippen LogP contribution in [0, 0.1) is 0 Å². The summed E-state index contributed by atoms with van der Waals surface area (Å²) in [7, 11) is -2.62. The van der Waals surface area contributed by atoms with E-state index in [-0.39, 0.29) is 16.0 Å². The van der Waals surface area contributed by atoms with Crippen LogP contribution in [0.3, 0.4) is 0 Å². The molecule has 1 aromatic carbocycles. The van der Waals surface area contributed by atoms with E-state index >= 15 is 0 Å². The molecule has 40 heavy (non-hydrogen) atoms. The first-order valence-electron chi connectivity index (χ1n) is 14.8. The average Bonchev–Trinajstić information content (AvgIpc) is 2.80. The molecule has 0 unspecified atom stereocenters. The average molecular weight is 587 g/mol. The lowest BCUT2D eigenvalue weighted by atomic mass is 10.0. The highest BCUT2D eigenvalue weighted by Gasteiger charge is 2.40. The zero-order valence-corrected chi connectivity index (χ0v) is 30.1. The molecule has 0 aliphatic heterocycles. The second-order valence-electron chi connectivity index (χ2n) is 14.3. The van der Waals surface area contributed by atoms with E-state index in [1.165, 1.54) is 18.3 Å². The van der Waals surface area contributed by atoms with E-state index in [1.54, 1.807) is 0 Å². The number of ether oxygens (including phenoxy) is 1. The summed E-state index contributed by atoms with van der Waals surface area (Å²) in [5, 5.41) is 0.169. The smallest absolute Gasteiger partial charge is 0.333 e. The maximum Gasteiger partial charge on any atom is 0.333 e. The number of hydrogen-bond acceptors (Lipinski definition) is 4. The topological polar surface area (TPSA) is 44.8 Å². The maximum absolute atomic E-state index is 12.7. The molecule has 0 N–H and O–H groups in total. The highest BCUT2D eigenvalue weighted by Crippen LogP contribution is 2.41. The van der Waals surface area contributed by atoms with Crippen molar-refractivity contribution in [2.75, 3.05) is 7.11 Å². The van der Waals surface area contributed by atoms with Crippen LogP contribution in [0.25, 0.3) is 0 Å². The van der Waals surface area contributed by atoms with E-state index in [0.29, 0.717) is 18.4 Å². The van der Waals surface area contributed by atoms with Crippen molar-refractivity contribution in [3.05, 3.63) is 58.7 Å². The molecule has 0 radical (unpaired) electrons. The van der Waals surface area contributed by atoms with E-state index < -0.39 is 16.6 Å². The van der Waals surface area contributed by atoms with Gasteiger partial charge in [-0.05, 0) is 107 Å². The molecule has 0 saturated heterocycles. The van der Waals surface area contributed by atoms with Crippen LogP contribution >= 0.6 is 0 Å². The minimum Gasteiger partial charge on any atom is -0.543 e. The molecule has 1 rings (SSSR count). The van der Waals surface area contributed by atoms with Crippen LogP contribution in [0.4, 0.5) is 0 Å². The number of carbonyl (C=O) groups is 1. The molecular formula is C34H58O4Si2. The Morgan fingerprint density at radius 1 is 0.800 bits per heavy atom. The van der Waals surface area contributed by atoms with Crippen molar-refractivity contribution in [2.45, 2.75) is 131 Å². The van der Waals surface area contributed by atoms with Gasteiger partial charge in [-0.3, -0.25) is 0 Å². The lowest BCUT2D eigenvalue weighted by molar-refractivity contribution is -0.136. The van der Waals surface area contributed by atoms with Gasteiger partial charge in [0, 0.05) is 11.1 Å². The summed E-state index contributed by atoms with van der Waals surface area (Å²) >= 11 is 0. The van der Waals surface area contributed by atoms with E-state index in [2.05, 4.69) is 113 Å². The van der Waals surface area contributed by atoms with Gasteiger partial charge in [0.1, 0.15) is 11.5 Å². The SMILES string of the molecule is COC(=O)C(=CCc1cc(O[Si](C)(C)C(C)(C)C)ccc1O[Si](C)(C)C(C)(C)C)CCC=C(C)CCC=C(C)C. The molecule has 226 valence electrons. The largest absolute Gasteiger partial charge is 0.543 e. The molecule has 4 nitrogen and oxygen atoms in total. The number of esters is 1. The van der Waals surface area contributed by atoms with Gasteiger partial charge in [-0.15, -0.1) is 0 Å². The Bertz CT molecular complexity index is 1080. The summed E-state index contributed by atoms with van der Waals surface area (Å²) in [5.74, 6) is 1.48. The molecule has 0 aromatic heterocycles. The highest BCUT2D eigenvalue weighted by atomic mass is 28.4. The van der Waals surface area contributed by atoms with Gasteiger partial charge in [-0.1, -0.05) is 70.9 Å². The van der Waals surface area contributed by atoms with E-state index in [4.69, 9.17) is 13.6 Å². The molecule has 0 spiro atoms. The Hall–Kier alpha value is -2.06. The Balaban J connectivity index is 3.33. The van der Waals surface area contributed by atoms with Crippen LogP contribution in [0.5, 0.6) is 11.5 Å². The van der Waals surface area contributed by atoms with Crippen LogP contribution in [0.15, 0.2) is 53.1 Å². The van der Waals surface area contributed by atoms with Gasteiger partial charge < -0.3 is 13.6 Å². The molecule has 0 atom stereocenters. The van der Waals surface area contributed by atoms with Crippen molar-refractivity contribution in [3.63, 3.8) is 0 Å². The maximum atomic E-state index is 12.7. The normalized spacial score (nSPS) is 13.7. The summed E-state index contributed by atoms with van der Waals surface area (Å²) in [6.45, 7) is 29.0. The number of hydrogen-bond donors (Lipinski definition) is 0. The van der Waals surface area contributed by atoms with Crippen molar-refractivity contribution >= 4 is 22.6 Å². The summed E-state index contributed by atoms with van der Waals surface area (Å²) < 4.78 is 18.6. The fraction of sp³-hybridized carbons (Fsp3) is 0.618. The van der Waals surface area contributed by atoms with Crippen molar-refractivity contribution in [1.82, 2.24) is 0 Å². The van der Waals surface area contributed by atoms with E-state index in [0.717, 1.165) is 36.3 Å². The second-order valence-corrected chi connectivity index (χ2v) is 23.8. The van der Waals surface area contributed by atoms with Gasteiger partial charge >= 0.3 is 5.97 Å². The Morgan fingerprint density at radius 2 is 1.35 bits per heavy atom. The fourth-order valence-electron chi connectivity index (χ4n) is 3.57. The molecule has 0 amide bonds. The van der Waals surface area contributed by atoms with Gasteiger partial charge in [-0.25, -0.2) is 4.79 Å². The number of carbonyl (C=O) groups excluding carboxylic acids is 1. The van der Waals surface area contributed by atoms with E-state index in [9.17, 15) is 4.79 Å². The molecule has 1 aromatic rings. The lowest BCUT2D eigenvalue weighted by Gasteiger charge is -2.38. The Kier molecular flexibility index (Phi) is 13.2. The minimum atomic E-state index is -2.06. The Morgan fingerprint density at radius 3 is 1.88 bits per heavy atom. The van der Waals surface area contributed by atoms with Crippen LogP contribution in [-0.4, -0.2) is 29.7 Å². The van der Waals surface area contributed by atoms with E-state index in [1.807, 2.05) is 12.1 Å². The first-order chi connectivity index (χ1) is 18.2. The van der Waals surface area contributed by atoms with Crippen molar-refractivity contribution in [1.29, 1.82) is 0 Å². The molecule has 0 bridgehead atoms. The van der Waals surface area contributed by atoms with Gasteiger partial charge in [0.2, 0.25) is 16.6 Å². The molecule has 6 heteroatoms. The zero-order valence-electron chi connectivity index (χ0n) is 28.1. The van der Waals surface area contributed by atoms with Crippen LogP contribution in [0.2, 0.25) is 36.3 Å². The summed E-state index contributed by atoms with van der Waals surface area (Å²) in [6, 6.07) is 6.21. The molecule has 0 saturated carbocycles. The number of allylic oxidation sites excluding steroid dienone is 5. The summed E-state index contributed by atoms with van der Waals surface area (Å²) in [4.78, 5) is 12.7. The number of benzene rings is 1. The molecule has 0 fully saturated rings. The van der Waals surface area contributed by atoms with Crippen LogP contribution in [-0.2, 0) is 16.0 Å². The fourth-order valence-corrected chi connectivity index (χ4v) is 5.65. The Labute approximate surface area is 248 Å². The third kappa shape index (κ3) is 11.4. The first kappa shape index (κ1) is 36.0. The predicted octanol–water partition coefficient (Wildman–Crippen LogP) is 10.6. The van der Waals surface area contributed by atoms with Crippen molar-refractivity contribution < 1.29 is 18.4 Å². The van der Waals surface area contributed by atoms with Gasteiger partial charge in [-0.2, -0.15) is 0 Å². The third-order valence-electron chi connectivity index (χ3n) is 8.40. The zero-order chi connectivity index (χ0) is 30.9. The summed E-state index contributed by atoms with van der Waals surface area (Å²) in [6.07, 6.45) is 10.6. The molecule has 0 heterocycles. The number of rotatable bonds is 13. The molecular weight excluding hydrogens is 529 g/mol. The van der Waals surface area contributed by atoms with Gasteiger partial charge in [0.05, 0.1) is 7.11 Å². The third-order valence-corrected chi connectivity index (χ3v) is 17.1. The highest BCUT2D eigenvalue weighted by molar-refractivity contribution is 6.75.